The first-order valence-electron chi connectivity index (χ1n) is 13.6. The number of rotatable bonds is 7. The smallest absolute Gasteiger partial charge is 0.0598 e. The van der Waals surface area contributed by atoms with Gasteiger partial charge in [-0.05, 0) is 92.5 Å². The van der Waals surface area contributed by atoms with Gasteiger partial charge in [0.1, 0.15) is 0 Å². The third kappa shape index (κ3) is 5.05. The molecule has 0 bridgehead atoms. The van der Waals surface area contributed by atoms with Crippen LogP contribution in [0.4, 0.5) is 0 Å². The van der Waals surface area contributed by atoms with Crippen LogP contribution in [0.15, 0.2) is 0 Å². The van der Waals surface area contributed by atoms with E-state index in [9.17, 15) is 0 Å². The fourth-order valence-electron chi connectivity index (χ4n) is 8.72. The Morgan fingerprint density at radius 1 is 0.800 bits per heavy atom. The van der Waals surface area contributed by atoms with Crippen LogP contribution < -0.4 is 0 Å². The van der Waals surface area contributed by atoms with E-state index in [1.165, 1.54) is 38.5 Å². The molecule has 0 aliphatic heterocycles. The molecule has 0 saturated heterocycles. The minimum absolute atomic E-state index is 0.0193. The van der Waals surface area contributed by atoms with Crippen LogP contribution >= 0.6 is 0 Å². The summed E-state index contributed by atoms with van der Waals surface area (Å²) in [7, 11) is -1.30. The summed E-state index contributed by atoms with van der Waals surface area (Å²) in [5.41, 5.74) is 2.14. The molecule has 176 valence electrons. The lowest BCUT2D eigenvalue weighted by Crippen LogP contribution is -2.44. The maximum absolute atomic E-state index is 5.99. The van der Waals surface area contributed by atoms with Gasteiger partial charge in [-0.1, -0.05) is 72.9 Å². The monoisotopic (exact) mass is 434 g/mol. The van der Waals surface area contributed by atoms with Gasteiger partial charge in [0.05, 0.1) is 13.7 Å². The van der Waals surface area contributed by atoms with Crippen LogP contribution in [-0.2, 0) is 4.74 Å². The fourth-order valence-corrected chi connectivity index (χ4v) is 15.0. The lowest BCUT2D eigenvalue weighted by molar-refractivity contribution is -0.00523. The van der Waals surface area contributed by atoms with Crippen LogP contribution in [0, 0.1) is 41.4 Å². The second-order valence-electron chi connectivity index (χ2n) is 13.5. The molecule has 3 aliphatic rings. The highest BCUT2D eigenvalue weighted by atomic mass is 28.3. The van der Waals surface area contributed by atoms with Gasteiger partial charge in [0.2, 0.25) is 0 Å². The molecular weight excluding hydrogens is 380 g/mol. The van der Waals surface area contributed by atoms with Gasteiger partial charge in [-0.25, -0.2) is 0 Å². The van der Waals surface area contributed by atoms with Crippen molar-refractivity contribution in [1.29, 1.82) is 0 Å². The first-order chi connectivity index (χ1) is 13.9. The van der Waals surface area contributed by atoms with E-state index in [0.717, 1.165) is 59.1 Å². The largest absolute Gasteiger partial charge is 0.376 e. The van der Waals surface area contributed by atoms with Crippen LogP contribution in [0.3, 0.4) is 0 Å². The predicted octanol–water partition coefficient (Wildman–Crippen LogP) is 8.80. The lowest BCUT2D eigenvalue weighted by atomic mass is 9.77. The van der Waals surface area contributed by atoms with Crippen LogP contribution in [0.1, 0.15) is 99.8 Å². The SMILES string of the molecule is CC1C(C)C(C)C([Si](C)(C)C2CC(CCCCOC(C)(C)C)C3CCCCC32)C1C. The second kappa shape index (κ2) is 9.58. The molecule has 0 spiro atoms. The van der Waals surface area contributed by atoms with E-state index in [1.54, 1.807) is 12.8 Å². The summed E-state index contributed by atoms with van der Waals surface area (Å²) in [6.07, 6.45) is 11.8. The van der Waals surface area contributed by atoms with Crippen molar-refractivity contribution in [3.05, 3.63) is 0 Å². The Hall–Kier alpha value is 0.177. The number of unbranched alkanes of at least 4 members (excludes halogenated alkanes) is 1. The highest BCUT2D eigenvalue weighted by Gasteiger charge is 2.57. The van der Waals surface area contributed by atoms with Crippen molar-refractivity contribution in [3.63, 3.8) is 0 Å². The van der Waals surface area contributed by atoms with Crippen LogP contribution in [0.25, 0.3) is 0 Å². The van der Waals surface area contributed by atoms with Crippen molar-refractivity contribution in [1.82, 2.24) is 0 Å². The molecule has 0 radical (unpaired) electrons. The summed E-state index contributed by atoms with van der Waals surface area (Å²) in [6, 6.07) is 0. The zero-order valence-corrected chi connectivity index (χ0v) is 23.0. The average molecular weight is 435 g/mol. The molecule has 2 heteroatoms. The van der Waals surface area contributed by atoms with Gasteiger partial charge >= 0.3 is 0 Å². The number of hydrogen-bond donors (Lipinski definition) is 0. The van der Waals surface area contributed by atoms with Gasteiger partial charge in [-0.2, -0.15) is 0 Å². The van der Waals surface area contributed by atoms with E-state index in [2.05, 4.69) is 61.6 Å². The van der Waals surface area contributed by atoms with Gasteiger partial charge in [0.25, 0.3) is 0 Å². The maximum Gasteiger partial charge on any atom is 0.0598 e. The minimum atomic E-state index is -1.30. The molecule has 3 aliphatic carbocycles. The zero-order chi connectivity index (χ0) is 22.3. The van der Waals surface area contributed by atoms with E-state index in [4.69, 9.17) is 4.74 Å². The zero-order valence-electron chi connectivity index (χ0n) is 22.0. The van der Waals surface area contributed by atoms with Crippen LogP contribution in [0.5, 0.6) is 0 Å². The Balaban J connectivity index is 1.66. The van der Waals surface area contributed by atoms with Crippen molar-refractivity contribution >= 4 is 8.07 Å². The molecule has 30 heavy (non-hydrogen) atoms. The summed E-state index contributed by atoms with van der Waals surface area (Å²) in [4.78, 5) is 0. The van der Waals surface area contributed by atoms with Gasteiger partial charge < -0.3 is 4.74 Å². The molecule has 0 aromatic rings. The Labute approximate surface area is 190 Å². The van der Waals surface area contributed by atoms with E-state index in [1.807, 2.05) is 0 Å². The summed E-state index contributed by atoms with van der Waals surface area (Å²) >= 11 is 0. The molecule has 0 aromatic carbocycles. The summed E-state index contributed by atoms with van der Waals surface area (Å²) < 4.78 is 5.99. The Bertz CT molecular complexity index is 535. The second-order valence-corrected chi connectivity index (χ2v) is 18.5. The molecular formula is C28H54OSi. The molecule has 0 N–H and O–H groups in total. The highest BCUT2D eigenvalue weighted by molar-refractivity contribution is 6.80. The first-order valence-corrected chi connectivity index (χ1v) is 16.7. The molecule has 1 nitrogen and oxygen atoms in total. The van der Waals surface area contributed by atoms with Crippen molar-refractivity contribution in [3.8, 4) is 0 Å². The van der Waals surface area contributed by atoms with Gasteiger partial charge in [-0.15, -0.1) is 0 Å². The maximum atomic E-state index is 5.99. The van der Waals surface area contributed by atoms with Crippen LogP contribution in [0.2, 0.25) is 24.2 Å². The molecule has 0 amide bonds. The van der Waals surface area contributed by atoms with E-state index in [-0.39, 0.29) is 5.60 Å². The third-order valence-electron chi connectivity index (χ3n) is 10.5. The summed E-state index contributed by atoms with van der Waals surface area (Å²) in [5, 5.41) is 0. The van der Waals surface area contributed by atoms with Gasteiger partial charge in [0, 0.05) is 6.61 Å². The minimum Gasteiger partial charge on any atom is -0.376 e. The summed E-state index contributed by atoms with van der Waals surface area (Å²) in [6.45, 7) is 23.5. The van der Waals surface area contributed by atoms with Crippen LogP contribution in [-0.4, -0.2) is 20.3 Å². The highest BCUT2D eigenvalue weighted by Crippen LogP contribution is 2.63. The molecule has 3 fully saturated rings. The Kier molecular flexibility index (Phi) is 7.92. The molecule has 0 aromatic heterocycles. The normalized spacial score (nSPS) is 42.5. The van der Waals surface area contributed by atoms with Crippen molar-refractivity contribution < 1.29 is 4.74 Å². The predicted molar refractivity (Wildman–Crippen MR) is 135 cm³/mol. The van der Waals surface area contributed by atoms with E-state index >= 15 is 0 Å². The lowest BCUT2D eigenvalue weighted by Gasteiger charge is -2.45. The Morgan fingerprint density at radius 3 is 1.93 bits per heavy atom. The summed E-state index contributed by atoms with van der Waals surface area (Å²) in [5.74, 6) is 6.85. The first kappa shape index (κ1) is 24.8. The molecule has 3 rings (SSSR count). The van der Waals surface area contributed by atoms with Gasteiger partial charge in [0.15, 0.2) is 0 Å². The fraction of sp³-hybridized carbons (Fsp3) is 1.00. The van der Waals surface area contributed by atoms with Gasteiger partial charge in [-0.3, -0.25) is 0 Å². The number of ether oxygens (including phenoxy) is 1. The standard InChI is InChI=1S/C28H54OSi/c1-19-20(2)22(4)27(21(19)3)30(8,9)26-18-23(24-15-10-11-16-25(24)26)14-12-13-17-29-28(5,6)7/h19-27H,10-18H2,1-9H3. The Morgan fingerprint density at radius 2 is 1.37 bits per heavy atom. The van der Waals surface area contributed by atoms with E-state index < -0.39 is 8.07 Å². The van der Waals surface area contributed by atoms with Crippen molar-refractivity contribution in [2.75, 3.05) is 6.61 Å². The topological polar surface area (TPSA) is 9.23 Å². The number of hydrogen-bond acceptors (Lipinski definition) is 1. The number of fused-ring (bicyclic) bond motifs is 1. The molecule has 0 heterocycles. The molecule has 3 saturated carbocycles. The van der Waals surface area contributed by atoms with Crippen molar-refractivity contribution in [2.45, 2.75) is 130 Å². The quantitative estimate of drug-likeness (QED) is 0.287. The molecule has 8 atom stereocenters. The van der Waals surface area contributed by atoms with Crippen molar-refractivity contribution in [2.24, 2.45) is 41.4 Å². The molecule has 8 unspecified atom stereocenters. The average Bonchev–Trinajstić information content (AvgIpc) is 3.13. The third-order valence-corrected chi connectivity index (χ3v) is 15.8. The van der Waals surface area contributed by atoms with E-state index in [0.29, 0.717) is 0 Å².